The molecule has 2 aliphatic rings. The van der Waals surface area contributed by atoms with E-state index in [9.17, 15) is 0 Å². The number of rotatable bonds is 3. The fraction of sp³-hybridized carbons (Fsp3) is 0.600. The lowest BCUT2D eigenvalue weighted by Gasteiger charge is -2.38. The summed E-state index contributed by atoms with van der Waals surface area (Å²) in [6, 6.07) is 12.5. The Kier molecular flexibility index (Phi) is 3.44. The normalized spacial score (nSPS) is 29.2. The third-order valence-electron chi connectivity index (χ3n) is 4.28. The van der Waals surface area contributed by atoms with Crippen LogP contribution in [0.1, 0.15) is 24.8 Å². The monoisotopic (exact) mass is 230 g/mol. The summed E-state index contributed by atoms with van der Waals surface area (Å²) >= 11 is 0. The van der Waals surface area contributed by atoms with Crippen LogP contribution in [0.4, 0.5) is 0 Å². The van der Waals surface area contributed by atoms with Crippen LogP contribution in [-0.2, 0) is 6.42 Å². The lowest BCUT2D eigenvalue weighted by molar-refractivity contribution is 0.138. The molecule has 2 fully saturated rings. The molecule has 1 aliphatic heterocycles. The van der Waals surface area contributed by atoms with E-state index in [2.05, 4.69) is 40.5 Å². The Morgan fingerprint density at radius 2 is 2.06 bits per heavy atom. The quantitative estimate of drug-likeness (QED) is 0.855. The summed E-state index contributed by atoms with van der Waals surface area (Å²) in [6.45, 7) is 3.64. The van der Waals surface area contributed by atoms with E-state index in [1.165, 1.54) is 50.9 Å². The SMILES string of the molecule is c1ccc(CCN2CCN[C@@H]3CCC[C@H]32)cc1. The first kappa shape index (κ1) is 11.2. The molecule has 0 bridgehead atoms. The maximum Gasteiger partial charge on any atom is 0.0250 e. The summed E-state index contributed by atoms with van der Waals surface area (Å²) in [5, 5.41) is 3.67. The van der Waals surface area contributed by atoms with Gasteiger partial charge in [-0.25, -0.2) is 0 Å². The molecule has 0 spiro atoms. The Bertz CT molecular complexity index is 349. The van der Waals surface area contributed by atoms with Crippen LogP contribution in [0.5, 0.6) is 0 Å². The van der Waals surface area contributed by atoms with Crippen molar-refractivity contribution in [3.63, 3.8) is 0 Å². The summed E-state index contributed by atoms with van der Waals surface area (Å²) in [5.41, 5.74) is 1.47. The molecule has 1 saturated carbocycles. The lowest BCUT2D eigenvalue weighted by atomic mass is 10.1. The first-order chi connectivity index (χ1) is 8.43. The van der Waals surface area contributed by atoms with Gasteiger partial charge in [0.2, 0.25) is 0 Å². The summed E-state index contributed by atoms with van der Waals surface area (Å²) in [7, 11) is 0. The third-order valence-corrected chi connectivity index (χ3v) is 4.28. The van der Waals surface area contributed by atoms with E-state index in [4.69, 9.17) is 0 Å². The van der Waals surface area contributed by atoms with Gasteiger partial charge in [0.1, 0.15) is 0 Å². The fourth-order valence-corrected chi connectivity index (χ4v) is 3.37. The highest BCUT2D eigenvalue weighted by atomic mass is 15.2. The third kappa shape index (κ3) is 2.53. The van der Waals surface area contributed by atoms with Crippen molar-refractivity contribution in [2.24, 2.45) is 0 Å². The highest BCUT2D eigenvalue weighted by Crippen LogP contribution is 2.26. The molecule has 2 heteroatoms. The molecule has 2 nitrogen and oxygen atoms in total. The van der Waals surface area contributed by atoms with E-state index in [1.807, 2.05) is 0 Å². The Balaban J connectivity index is 1.57. The molecule has 17 heavy (non-hydrogen) atoms. The summed E-state index contributed by atoms with van der Waals surface area (Å²) in [6.07, 6.45) is 5.38. The minimum atomic E-state index is 0.777. The highest BCUT2D eigenvalue weighted by molar-refractivity contribution is 5.15. The fourth-order valence-electron chi connectivity index (χ4n) is 3.37. The number of piperazine rings is 1. The van der Waals surface area contributed by atoms with Gasteiger partial charge in [-0.3, -0.25) is 4.90 Å². The topological polar surface area (TPSA) is 15.3 Å². The molecule has 1 aromatic rings. The predicted octanol–water partition coefficient (Wildman–Crippen LogP) is 2.06. The predicted molar refractivity (Wildman–Crippen MR) is 71.1 cm³/mol. The molecule has 1 heterocycles. The molecule has 1 aliphatic carbocycles. The van der Waals surface area contributed by atoms with Gasteiger partial charge < -0.3 is 5.32 Å². The van der Waals surface area contributed by atoms with Crippen LogP contribution in [0.2, 0.25) is 0 Å². The molecule has 0 unspecified atom stereocenters. The van der Waals surface area contributed by atoms with Gasteiger partial charge in [-0.15, -0.1) is 0 Å². The van der Waals surface area contributed by atoms with Crippen LogP contribution < -0.4 is 5.32 Å². The minimum Gasteiger partial charge on any atom is -0.311 e. The van der Waals surface area contributed by atoms with Crippen molar-refractivity contribution >= 4 is 0 Å². The van der Waals surface area contributed by atoms with Crippen LogP contribution in [-0.4, -0.2) is 36.6 Å². The van der Waals surface area contributed by atoms with Gasteiger partial charge in [0, 0.05) is 31.7 Å². The average Bonchev–Trinajstić information content (AvgIpc) is 2.86. The Morgan fingerprint density at radius 1 is 1.18 bits per heavy atom. The number of hydrogen-bond donors (Lipinski definition) is 1. The molecule has 1 aromatic carbocycles. The van der Waals surface area contributed by atoms with Gasteiger partial charge in [0.25, 0.3) is 0 Å². The molecule has 0 aromatic heterocycles. The van der Waals surface area contributed by atoms with Crippen molar-refractivity contribution in [3.05, 3.63) is 35.9 Å². The van der Waals surface area contributed by atoms with E-state index in [0.717, 1.165) is 12.1 Å². The Hall–Kier alpha value is -0.860. The Morgan fingerprint density at radius 3 is 2.94 bits per heavy atom. The summed E-state index contributed by atoms with van der Waals surface area (Å²) in [4.78, 5) is 2.71. The average molecular weight is 230 g/mol. The molecule has 0 amide bonds. The van der Waals surface area contributed by atoms with Crippen LogP contribution >= 0.6 is 0 Å². The van der Waals surface area contributed by atoms with Crippen molar-refractivity contribution in [2.45, 2.75) is 37.8 Å². The smallest absolute Gasteiger partial charge is 0.0250 e. The van der Waals surface area contributed by atoms with Crippen LogP contribution in [0.25, 0.3) is 0 Å². The van der Waals surface area contributed by atoms with Crippen molar-refractivity contribution in [1.82, 2.24) is 10.2 Å². The number of fused-ring (bicyclic) bond motifs is 1. The van der Waals surface area contributed by atoms with E-state index in [1.54, 1.807) is 0 Å². The Labute approximate surface area is 104 Å². The first-order valence-electron chi connectivity index (χ1n) is 6.95. The van der Waals surface area contributed by atoms with Gasteiger partial charge in [-0.1, -0.05) is 36.8 Å². The number of nitrogens with zero attached hydrogens (tertiary/aromatic N) is 1. The second-order valence-electron chi connectivity index (χ2n) is 5.33. The molecule has 1 N–H and O–H groups in total. The second kappa shape index (κ2) is 5.19. The molecular formula is C15H22N2. The lowest BCUT2D eigenvalue weighted by Crippen LogP contribution is -2.55. The molecule has 2 atom stereocenters. The molecule has 1 saturated heterocycles. The van der Waals surface area contributed by atoms with Crippen molar-refractivity contribution < 1.29 is 0 Å². The maximum atomic E-state index is 3.67. The van der Waals surface area contributed by atoms with Crippen molar-refractivity contribution in [1.29, 1.82) is 0 Å². The van der Waals surface area contributed by atoms with E-state index in [0.29, 0.717) is 0 Å². The maximum absolute atomic E-state index is 3.67. The zero-order valence-corrected chi connectivity index (χ0v) is 10.4. The zero-order valence-electron chi connectivity index (χ0n) is 10.4. The van der Waals surface area contributed by atoms with Gasteiger partial charge in [-0.2, -0.15) is 0 Å². The number of nitrogens with one attached hydrogen (secondary N) is 1. The standard InChI is InChI=1S/C15H22N2/c1-2-5-13(6-3-1)9-11-17-12-10-16-14-7-4-8-15(14)17/h1-3,5-6,14-16H,4,7-12H2/t14-,15-/m1/s1. The minimum absolute atomic E-state index is 0.777. The van der Waals surface area contributed by atoms with Gasteiger partial charge in [0.15, 0.2) is 0 Å². The van der Waals surface area contributed by atoms with Gasteiger partial charge in [0.05, 0.1) is 0 Å². The second-order valence-corrected chi connectivity index (χ2v) is 5.33. The highest BCUT2D eigenvalue weighted by Gasteiger charge is 2.34. The van der Waals surface area contributed by atoms with Gasteiger partial charge >= 0.3 is 0 Å². The summed E-state index contributed by atoms with van der Waals surface area (Å²) < 4.78 is 0. The molecule has 92 valence electrons. The van der Waals surface area contributed by atoms with Crippen LogP contribution in [0, 0.1) is 0 Å². The molecule has 0 radical (unpaired) electrons. The largest absolute Gasteiger partial charge is 0.311 e. The number of hydrogen-bond acceptors (Lipinski definition) is 2. The summed E-state index contributed by atoms with van der Waals surface area (Å²) in [5.74, 6) is 0. The van der Waals surface area contributed by atoms with E-state index < -0.39 is 0 Å². The van der Waals surface area contributed by atoms with Crippen molar-refractivity contribution in [2.75, 3.05) is 19.6 Å². The van der Waals surface area contributed by atoms with Crippen LogP contribution in [0.15, 0.2) is 30.3 Å². The van der Waals surface area contributed by atoms with E-state index in [-0.39, 0.29) is 0 Å². The molecular weight excluding hydrogens is 208 g/mol. The number of benzene rings is 1. The van der Waals surface area contributed by atoms with Gasteiger partial charge in [-0.05, 0) is 24.8 Å². The molecule has 3 rings (SSSR count). The van der Waals surface area contributed by atoms with E-state index >= 15 is 0 Å². The van der Waals surface area contributed by atoms with Crippen molar-refractivity contribution in [3.8, 4) is 0 Å². The first-order valence-corrected chi connectivity index (χ1v) is 6.95. The zero-order chi connectivity index (χ0) is 11.5. The van der Waals surface area contributed by atoms with Crippen LogP contribution in [0.3, 0.4) is 0 Å².